The Morgan fingerprint density at radius 2 is 2.18 bits per heavy atom. The fourth-order valence-corrected chi connectivity index (χ4v) is 3.44. The number of anilines is 1. The van der Waals surface area contributed by atoms with Crippen LogP contribution in [0.2, 0.25) is 0 Å². The summed E-state index contributed by atoms with van der Waals surface area (Å²) in [6.07, 6.45) is 1.92. The number of β-amino-alcohol motifs (C(OH)–C–C–N with tert-alkyl or cyclic N) is 1. The molecule has 2 aromatic rings. The molecule has 3 N–H and O–H groups in total. The number of benzene rings is 1. The van der Waals surface area contributed by atoms with Crippen LogP contribution in [0.5, 0.6) is 5.75 Å². The zero-order valence-corrected chi connectivity index (χ0v) is 16.1. The Kier molecular flexibility index (Phi) is 6.29. The van der Waals surface area contributed by atoms with Gasteiger partial charge in [-0.3, -0.25) is 14.3 Å². The fraction of sp³-hybridized carbons (Fsp3) is 0.450. The lowest BCUT2D eigenvalue weighted by Gasteiger charge is -2.32. The van der Waals surface area contributed by atoms with Crippen molar-refractivity contribution >= 4 is 5.82 Å². The van der Waals surface area contributed by atoms with Gasteiger partial charge in [0.1, 0.15) is 5.75 Å². The summed E-state index contributed by atoms with van der Waals surface area (Å²) >= 11 is 0. The third-order valence-corrected chi connectivity index (χ3v) is 4.84. The van der Waals surface area contributed by atoms with Gasteiger partial charge in [-0.1, -0.05) is 5.92 Å². The summed E-state index contributed by atoms with van der Waals surface area (Å²) in [5.74, 6) is 6.13. The summed E-state index contributed by atoms with van der Waals surface area (Å²) in [4.78, 5) is 14.9. The molecule has 1 aliphatic rings. The predicted octanol–water partition coefficient (Wildman–Crippen LogP) is 0.788. The molecule has 3 rings (SSSR count). The number of aromatic nitrogens is 3. The van der Waals surface area contributed by atoms with Crippen LogP contribution < -0.4 is 10.9 Å². The van der Waals surface area contributed by atoms with Crippen LogP contribution in [0.3, 0.4) is 0 Å². The third-order valence-electron chi connectivity index (χ3n) is 4.84. The van der Waals surface area contributed by atoms with E-state index < -0.39 is 0 Å². The van der Waals surface area contributed by atoms with E-state index in [4.69, 9.17) is 5.11 Å². The number of aliphatic hydroxyl groups is 1. The molecule has 148 valence electrons. The van der Waals surface area contributed by atoms with Crippen molar-refractivity contribution in [1.82, 2.24) is 19.7 Å². The molecule has 0 spiro atoms. The van der Waals surface area contributed by atoms with Crippen LogP contribution in [0, 0.1) is 11.8 Å². The monoisotopic (exact) mass is 383 g/mol. The molecule has 1 atom stereocenters. The molecule has 8 nitrogen and oxygen atoms in total. The molecule has 0 bridgehead atoms. The van der Waals surface area contributed by atoms with E-state index in [1.165, 1.54) is 4.57 Å². The molecule has 0 aliphatic carbocycles. The van der Waals surface area contributed by atoms with Crippen LogP contribution in [0.4, 0.5) is 5.82 Å². The van der Waals surface area contributed by atoms with Gasteiger partial charge in [0, 0.05) is 31.7 Å². The van der Waals surface area contributed by atoms with Crippen molar-refractivity contribution in [3.8, 4) is 29.0 Å². The summed E-state index contributed by atoms with van der Waals surface area (Å²) in [6.45, 7) is 4.15. The van der Waals surface area contributed by atoms with Crippen LogP contribution in [0.25, 0.3) is 11.4 Å². The Balaban J connectivity index is 1.83. The molecule has 1 aliphatic heterocycles. The van der Waals surface area contributed by atoms with Gasteiger partial charge in [0.2, 0.25) is 5.82 Å². The van der Waals surface area contributed by atoms with Gasteiger partial charge in [-0.25, -0.2) is 0 Å². The molecule has 1 fully saturated rings. The highest BCUT2D eigenvalue weighted by molar-refractivity contribution is 5.66. The van der Waals surface area contributed by atoms with E-state index in [1.54, 1.807) is 32.2 Å². The summed E-state index contributed by atoms with van der Waals surface area (Å²) < 4.78 is 1.38. The van der Waals surface area contributed by atoms with Crippen molar-refractivity contribution in [2.75, 3.05) is 31.6 Å². The second kappa shape index (κ2) is 8.87. The average molecular weight is 383 g/mol. The molecule has 28 heavy (non-hydrogen) atoms. The van der Waals surface area contributed by atoms with Crippen molar-refractivity contribution in [1.29, 1.82) is 0 Å². The van der Waals surface area contributed by atoms with Crippen molar-refractivity contribution in [2.45, 2.75) is 25.8 Å². The Bertz CT molecular complexity index is 959. The number of aliphatic hydroxyl groups excluding tert-OH is 1. The topological polar surface area (TPSA) is 104 Å². The lowest BCUT2D eigenvalue weighted by molar-refractivity contribution is 0.166. The Labute approximate surface area is 163 Å². The maximum absolute atomic E-state index is 12.8. The van der Waals surface area contributed by atoms with Gasteiger partial charge in [-0.05, 0) is 44.5 Å². The maximum Gasteiger partial charge on any atom is 0.296 e. The Hall–Kier alpha value is -2.89. The summed E-state index contributed by atoms with van der Waals surface area (Å²) in [7, 11) is 1.61. The molecule has 2 heterocycles. The first-order valence-corrected chi connectivity index (χ1v) is 9.33. The first-order valence-electron chi connectivity index (χ1n) is 9.33. The molecule has 1 aromatic carbocycles. The van der Waals surface area contributed by atoms with E-state index in [2.05, 4.69) is 32.3 Å². The number of aromatic hydroxyl groups is 1. The number of hydrogen-bond acceptors (Lipinski definition) is 7. The van der Waals surface area contributed by atoms with Gasteiger partial charge < -0.3 is 15.5 Å². The number of phenols is 1. The van der Waals surface area contributed by atoms with E-state index in [0.29, 0.717) is 17.7 Å². The van der Waals surface area contributed by atoms with Crippen molar-refractivity contribution in [3.05, 3.63) is 34.1 Å². The van der Waals surface area contributed by atoms with Gasteiger partial charge in [-0.15, -0.1) is 16.1 Å². The maximum atomic E-state index is 12.8. The highest BCUT2D eigenvalue weighted by atomic mass is 16.3. The summed E-state index contributed by atoms with van der Waals surface area (Å²) in [5.41, 5.74) is 0.804. The van der Waals surface area contributed by atoms with Crippen molar-refractivity contribution in [3.63, 3.8) is 0 Å². The van der Waals surface area contributed by atoms with Gasteiger partial charge in [-0.2, -0.15) is 0 Å². The zero-order chi connectivity index (χ0) is 20.1. The normalized spacial score (nSPS) is 17.0. The van der Waals surface area contributed by atoms with Crippen LogP contribution in [0.15, 0.2) is 23.0 Å². The number of nitrogens with one attached hydrogen (secondary N) is 1. The van der Waals surface area contributed by atoms with Crippen molar-refractivity contribution < 1.29 is 10.2 Å². The number of phenolic OH excluding ortho intramolecular Hbond substituents is 1. The smallest absolute Gasteiger partial charge is 0.296 e. The van der Waals surface area contributed by atoms with Gasteiger partial charge in [0.15, 0.2) is 5.82 Å². The molecular weight excluding hydrogens is 358 g/mol. The fourth-order valence-electron chi connectivity index (χ4n) is 3.44. The summed E-state index contributed by atoms with van der Waals surface area (Å²) in [6, 6.07) is 5.07. The standard InChI is InChI=1S/C20H25N5O3/c1-3-5-14-7-8-16(17(27)12-14)19-23-22-18(20(28)24(19)2)21-15-6-4-9-25(13-15)10-11-26/h7-8,12,15,26-27H,4,6,9-11,13H2,1-2H3,(H,21,22)/t15-/m1/s1. The largest absolute Gasteiger partial charge is 0.507 e. The third kappa shape index (κ3) is 4.32. The van der Waals surface area contributed by atoms with Crippen LogP contribution >= 0.6 is 0 Å². The average Bonchev–Trinajstić information content (AvgIpc) is 2.67. The van der Waals surface area contributed by atoms with Gasteiger partial charge in [0.25, 0.3) is 5.56 Å². The van der Waals surface area contributed by atoms with Gasteiger partial charge >= 0.3 is 0 Å². The van der Waals surface area contributed by atoms with E-state index in [0.717, 1.165) is 25.9 Å². The molecule has 0 amide bonds. The quantitative estimate of drug-likeness (QED) is 0.656. The number of likely N-dealkylation sites (tertiary alicyclic amines) is 1. The van der Waals surface area contributed by atoms with Crippen LogP contribution in [-0.4, -0.2) is 62.2 Å². The van der Waals surface area contributed by atoms with E-state index in [-0.39, 0.29) is 35.6 Å². The first-order chi connectivity index (χ1) is 13.5. The first kappa shape index (κ1) is 19.9. The molecule has 8 heteroatoms. The minimum atomic E-state index is -0.305. The molecule has 1 saturated heterocycles. The lowest BCUT2D eigenvalue weighted by Crippen LogP contribution is -2.44. The van der Waals surface area contributed by atoms with Crippen LogP contribution in [-0.2, 0) is 7.05 Å². The second-order valence-electron chi connectivity index (χ2n) is 6.85. The van der Waals surface area contributed by atoms with Gasteiger partial charge in [0.05, 0.1) is 12.2 Å². The number of hydrogen-bond donors (Lipinski definition) is 3. The van der Waals surface area contributed by atoms with E-state index in [9.17, 15) is 9.90 Å². The van der Waals surface area contributed by atoms with Crippen LogP contribution in [0.1, 0.15) is 25.3 Å². The number of nitrogens with zero attached hydrogens (tertiary/aromatic N) is 4. The second-order valence-corrected chi connectivity index (χ2v) is 6.85. The summed E-state index contributed by atoms with van der Waals surface area (Å²) in [5, 5.41) is 30.9. The molecule has 1 aromatic heterocycles. The molecule has 0 saturated carbocycles. The molecule has 0 unspecified atom stereocenters. The van der Waals surface area contributed by atoms with E-state index >= 15 is 0 Å². The Morgan fingerprint density at radius 3 is 2.89 bits per heavy atom. The lowest BCUT2D eigenvalue weighted by atomic mass is 10.1. The highest BCUT2D eigenvalue weighted by Crippen LogP contribution is 2.27. The minimum Gasteiger partial charge on any atom is -0.507 e. The SMILES string of the molecule is CC#Cc1ccc(-c2nnc(N[C@@H]3CCCN(CCO)C3)c(=O)n2C)c(O)c1. The Morgan fingerprint density at radius 1 is 1.36 bits per heavy atom. The minimum absolute atomic E-state index is 0.00261. The predicted molar refractivity (Wildman–Crippen MR) is 107 cm³/mol. The van der Waals surface area contributed by atoms with E-state index in [1.807, 2.05) is 0 Å². The zero-order valence-electron chi connectivity index (χ0n) is 16.1. The highest BCUT2D eigenvalue weighted by Gasteiger charge is 2.22. The molecule has 0 radical (unpaired) electrons. The van der Waals surface area contributed by atoms with Crippen molar-refractivity contribution in [2.24, 2.45) is 7.05 Å². The number of piperidine rings is 1. The number of rotatable bonds is 5. The molecular formula is C20H25N5O3.